The number of benzene rings is 2. The fourth-order valence-electron chi connectivity index (χ4n) is 3.95. The summed E-state index contributed by atoms with van der Waals surface area (Å²) in [6, 6.07) is 18.5. The summed E-state index contributed by atoms with van der Waals surface area (Å²) in [5, 5.41) is 1.07. The number of hydrogen-bond donors (Lipinski definition) is 2. The summed E-state index contributed by atoms with van der Waals surface area (Å²) in [7, 11) is 0. The summed E-state index contributed by atoms with van der Waals surface area (Å²) in [5.74, 6) is 0. The molecular formula is C22H26N2O2+2. The Kier molecular flexibility index (Phi) is 4.87. The first-order valence-electron chi connectivity index (χ1n) is 9.42. The number of quaternary nitrogens is 2. The molecule has 0 spiro atoms. The van der Waals surface area contributed by atoms with Crippen molar-refractivity contribution in [2.45, 2.75) is 20.0 Å². The maximum Gasteiger partial charge on any atom is 0.336 e. The average molecular weight is 350 g/mol. The first-order chi connectivity index (χ1) is 12.7. The maximum absolute atomic E-state index is 11.9. The van der Waals surface area contributed by atoms with E-state index in [1.54, 1.807) is 15.9 Å². The van der Waals surface area contributed by atoms with E-state index in [9.17, 15) is 4.79 Å². The van der Waals surface area contributed by atoms with Crippen LogP contribution in [0.25, 0.3) is 11.0 Å². The smallest absolute Gasteiger partial charge is 0.336 e. The summed E-state index contributed by atoms with van der Waals surface area (Å²) in [6.07, 6.45) is 0. The summed E-state index contributed by atoms with van der Waals surface area (Å²) in [6.45, 7) is 8.62. The fraction of sp³-hybridized carbons (Fsp3) is 0.318. The van der Waals surface area contributed by atoms with Gasteiger partial charge in [-0.1, -0.05) is 42.5 Å². The third-order valence-corrected chi connectivity index (χ3v) is 5.39. The number of nitrogens with one attached hydrogen (secondary N) is 2. The standard InChI is InChI=1S/C22H24N2O2/c1-17-7-8-20-19(14-22(25)26-21(20)13-17)16-24-11-9-23(10-12-24)15-18-5-3-2-4-6-18/h2-8,13-14H,9-12,15-16H2,1H3/p+2. The van der Waals surface area contributed by atoms with Gasteiger partial charge in [0, 0.05) is 22.6 Å². The van der Waals surface area contributed by atoms with Crippen molar-refractivity contribution >= 4 is 11.0 Å². The van der Waals surface area contributed by atoms with E-state index in [1.807, 2.05) is 13.0 Å². The molecule has 0 amide bonds. The highest BCUT2D eigenvalue weighted by Crippen LogP contribution is 2.17. The summed E-state index contributed by atoms with van der Waals surface area (Å²) in [4.78, 5) is 15.1. The molecule has 2 N–H and O–H groups in total. The van der Waals surface area contributed by atoms with E-state index in [2.05, 4.69) is 42.5 Å². The molecule has 1 fully saturated rings. The Hall–Kier alpha value is -2.43. The molecule has 1 saturated heterocycles. The second-order valence-electron chi connectivity index (χ2n) is 7.43. The van der Waals surface area contributed by atoms with Crippen LogP contribution in [0.2, 0.25) is 0 Å². The molecule has 0 unspecified atom stereocenters. The second-order valence-corrected chi connectivity index (χ2v) is 7.43. The Morgan fingerprint density at radius 1 is 0.885 bits per heavy atom. The van der Waals surface area contributed by atoms with E-state index < -0.39 is 0 Å². The van der Waals surface area contributed by atoms with Crippen LogP contribution in [0, 0.1) is 6.92 Å². The number of fused-ring (bicyclic) bond motifs is 1. The highest BCUT2D eigenvalue weighted by atomic mass is 16.4. The van der Waals surface area contributed by atoms with Crippen LogP contribution in [0.5, 0.6) is 0 Å². The minimum Gasteiger partial charge on any atom is -0.423 e. The van der Waals surface area contributed by atoms with Gasteiger partial charge < -0.3 is 14.2 Å². The van der Waals surface area contributed by atoms with Crippen LogP contribution in [-0.2, 0) is 13.1 Å². The van der Waals surface area contributed by atoms with E-state index in [-0.39, 0.29) is 5.63 Å². The summed E-state index contributed by atoms with van der Waals surface area (Å²) >= 11 is 0. The van der Waals surface area contributed by atoms with Crippen molar-refractivity contribution in [3.05, 3.63) is 81.7 Å². The molecule has 1 aliphatic heterocycles. The van der Waals surface area contributed by atoms with Crippen LogP contribution in [0.3, 0.4) is 0 Å². The molecule has 0 aliphatic carbocycles. The van der Waals surface area contributed by atoms with E-state index in [0.717, 1.165) is 42.7 Å². The zero-order valence-corrected chi connectivity index (χ0v) is 15.3. The van der Waals surface area contributed by atoms with E-state index in [4.69, 9.17) is 4.42 Å². The lowest BCUT2D eigenvalue weighted by Gasteiger charge is -2.30. The third kappa shape index (κ3) is 3.87. The van der Waals surface area contributed by atoms with E-state index >= 15 is 0 Å². The highest BCUT2D eigenvalue weighted by Gasteiger charge is 2.24. The van der Waals surface area contributed by atoms with Crippen molar-refractivity contribution in [3.63, 3.8) is 0 Å². The molecule has 0 saturated carbocycles. The van der Waals surface area contributed by atoms with Gasteiger partial charge in [-0.15, -0.1) is 0 Å². The zero-order chi connectivity index (χ0) is 17.9. The molecule has 26 heavy (non-hydrogen) atoms. The van der Waals surface area contributed by atoms with Gasteiger partial charge in [-0.25, -0.2) is 4.79 Å². The average Bonchev–Trinajstić information content (AvgIpc) is 2.64. The van der Waals surface area contributed by atoms with Crippen LogP contribution in [-0.4, -0.2) is 26.2 Å². The maximum atomic E-state index is 11.9. The van der Waals surface area contributed by atoms with Crippen LogP contribution in [0.1, 0.15) is 16.7 Å². The Morgan fingerprint density at radius 3 is 2.31 bits per heavy atom. The topological polar surface area (TPSA) is 39.1 Å². The molecule has 2 aromatic carbocycles. The second kappa shape index (κ2) is 7.44. The van der Waals surface area contributed by atoms with Crippen molar-refractivity contribution in [3.8, 4) is 0 Å². The molecular weight excluding hydrogens is 324 g/mol. The molecule has 0 atom stereocenters. The van der Waals surface area contributed by atoms with Crippen LogP contribution < -0.4 is 15.4 Å². The lowest BCUT2D eigenvalue weighted by molar-refractivity contribution is -1.02. The van der Waals surface area contributed by atoms with Gasteiger partial charge in [0.2, 0.25) is 0 Å². The minimum atomic E-state index is -0.245. The first-order valence-corrected chi connectivity index (χ1v) is 9.42. The largest absolute Gasteiger partial charge is 0.423 e. The van der Waals surface area contributed by atoms with Crippen molar-refractivity contribution in [1.82, 2.24) is 0 Å². The first kappa shape index (κ1) is 17.0. The quantitative estimate of drug-likeness (QED) is 0.676. The van der Waals surface area contributed by atoms with Crippen molar-refractivity contribution in [1.29, 1.82) is 0 Å². The highest BCUT2D eigenvalue weighted by molar-refractivity contribution is 5.80. The Balaban J connectivity index is 1.43. The van der Waals surface area contributed by atoms with Crippen molar-refractivity contribution in [2.24, 2.45) is 0 Å². The van der Waals surface area contributed by atoms with Crippen molar-refractivity contribution in [2.75, 3.05) is 26.2 Å². The van der Waals surface area contributed by atoms with Crippen LogP contribution in [0.4, 0.5) is 0 Å². The molecule has 2 heterocycles. The lowest BCUT2D eigenvalue weighted by atomic mass is 10.1. The van der Waals surface area contributed by atoms with Gasteiger partial charge >= 0.3 is 5.63 Å². The monoisotopic (exact) mass is 350 g/mol. The molecule has 134 valence electrons. The minimum absolute atomic E-state index is 0.245. The normalized spacial score (nSPS) is 20.3. The van der Waals surface area contributed by atoms with Crippen molar-refractivity contribution < 1.29 is 14.2 Å². The Bertz CT molecular complexity index is 941. The lowest BCUT2D eigenvalue weighted by Crippen LogP contribution is -3.27. The number of rotatable bonds is 4. The predicted molar refractivity (Wildman–Crippen MR) is 102 cm³/mol. The molecule has 1 aromatic heterocycles. The van der Waals surface area contributed by atoms with Gasteiger partial charge in [-0.05, 0) is 18.6 Å². The molecule has 1 aliphatic rings. The van der Waals surface area contributed by atoms with Gasteiger partial charge in [0.1, 0.15) is 44.9 Å². The summed E-state index contributed by atoms with van der Waals surface area (Å²) < 4.78 is 5.39. The van der Waals surface area contributed by atoms with Gasteiger partial charge in [0.15, 0.2) is 0 Å². The molecule has 0 bridgehead atoms. The molecule has 3 aromatic rings. The van der Waals surface area contributed by atoms with Crippen LogP contribution in [0.15, 0.2) is 63.8 Å². The van der Waals surface area contributed by atoms with E-state index in [1.165, 1.54) is 18.7 Å². The zero-order valence-electron chi connectivity index (χ0n) is 15.3. The van der Waals surface area contributed by atoms with E-state index in [0.29, 0.717) is 5.58 Å². The SMILES string of the molecule is Cc1ccc2c(C[NH+]3CC[NH+](Cc4ccccc4)CC3)cc(=O)oc2c1. The summed E-state index contributed by atoms with van der Waals surface area (Å²) in [5.41, 5.74) is 4.10. The predicted octanol–water partition coefficient (Wildman–Crippen LogP) is 0.585. The third-order valence-electron chi connectivity index (χ3n) is 5.39. The van der Waals surface area contributed by atoms with Gasteiger partial charge in [-0.3, -0.25) is 0 Å². The number of aryl methyl sites for hydroxylation is 1. The number of piperazine rings is 1. The van der Waals surface area contributed by atoms with Gasteiger partial charge in [0.25, 0.3) is 0 Å². The van der Waals surface area contributed by atoms with Crippen LogP contribution >= 0.6 is 0 Å². The molecule has 0 radical (unpaired) electrons. The molecule has 4 heteroatoms. The fourth-order valence-corrected chi connectivity index (χ4v) is 3.95. The number of hydrogen-bond acceptors (Lipinski definition) is 2. The Morgan fingerprint density at radius 2 is 1.58 bits per heavy atom. The van der Waals surface area contributed by atoms with Gasteiger partial charge in [0.05, 0.1) is 0 Å². The van der Waals surface area contributed by atoms with Gasteiger partial charge in [-0.2, -0.15) is 0 Å². The Labute approximate surface area is 153 Å². The molecule has 4 rings (SSSR count). The molecule has 4 nitrogen and oxygen atoms in total.